The van der Waals surface area contributed by atoms with Gasteiger partial charge in [0.2, 0.25) is 0 Å². The fourth-order valence-electron chi connectivity index (χ4n) is 5.94. The Kier molecular flexibility index (Phi) is 10.7. The fraction of sp³-hybridized carbons (Fsp3) is 0. The molecule has 1 aliphatic rings. The third-order valence-electron chi connectivity index (χ3n) is 8.00. The van der Waals surface area contributed by atoms with Crippen LogP contribution in [-0.2, 0) is 17.1 Å². The Hall–Kier alpha value is -3.75. The molecular weight excluding hydrogens is 799 g/mol. The number of hydrogen-bond acceptors (Lipinski definition) is 2. The number of fused-ring (bicyclic) bond motifs is 9. The van der Waals surface area contributed by atoms with Crippen LogP contribution in [0.3, 0.4) is 0 Å². The summed E-state index contributed by atoms with van der Waals surface area (Å²) >= 11 is 40.9. The molecule has 1 aliphatic heterocycles. The van der Waals surface area contributed by atoms with Gasteiger partial charge >= 0.3 is 17.1 Å². The van der Waals surface area contributed by atoms with Gasteiger partial charge in [0.1, 0.15) is 0 Å². The average Bonchev–Trinajstić information content (AvgIpc) is 3.91. The van der Waals surface area contributed by atoms with Gasteiger partial charge in [-0.1, -0.05) is 124 Å². The van der Waals surface area contributed by atoms with Gasteiger partial charge in [-0.05, 0) is 65.2 Å². The normalized spacial score (nSPS) is 11.3. The second kappa shape index (κ2) is 14.8. The summed E-state index contributed by atoms with van der Waals surface area (Å²) in [5.41, 5.74) is 14.5. The number of aromatic nitrogens is 4. The first kappa shape index (κ1) is 36.1. The first-order valence-electron chi connectivity index (χ1n) is 14.5. The van der Waals surface area contributed by atoms with Crippen molar-refractivity contribution in [1.29, 1.82) is 0 Å². The van der Waals surface area contributed by atoms with Crippen LogP contribution >= 0.6 is 69.6 Å². The molecule has 4 aromatic heterocycles. The zero-order valence-electron chi connectivity index (χ0n) is 25.1. The van der Waals surface area contributed by atoms with Gasteiger partial charge in [0, 0.05) is 46.8 Å². The van der Waals surface area contributed by atoms with Crippen molar-refractivity contribution in [2.45, 2.75) is 0 Å². The predicted octanol–water partition coefficient (Wildman–Crippen LogP) is 12.8. The summed E-state index contributed by atoms with van der Waals surface area (Å²) < 4.78 is 0. The van der Waals surface area contributed by atoms with Crippen molar-refractivity contribution < 1.29 is 17.1 Å². The van der Waals surface area contributed by atoms with Crippen molar-refractivity contribution in [3.63, 3.8) is 0 Å². The van der Waals surface area contributed by atoms with Crippen LogP contribution in [-0.4, -0.2) is 4.98 Å². The Morgan fingerprint density at radius 1 is 0.380 bits per heavy atom. The van der Waals surface area contributed by atoms with E-state index in [1.807, 2.05) is 48.6 Å². The van der Waals surface area contributed by atoms with Crippen LogP contribution in [0.15, 0.2) is 91.0 Å². The maximum atomic E-state index is 7.25. The molecule has 0 aliphatic carbocycles. The van der Waals surface area contributed by atoms with Gasteiger partial charge in [0.15, 0.2) is 0 Å². The summed E-state index contributed by atoms with van der Waals surface area (Å²) in [6, 6.07) is 27.6. The quantitative estimate of drug-likeness (QED) is 0.166. The number of hydrogen-bond donors (Lipinski definition) is 0. The summed E-state index contributed by atoms with van der Waals surface area (Å²) in [4.78, 5) is 27.5. The van der Waals surface area contributed by atoms with Crippen LogP contribution in [0.2, 0.25) is 30.1 Å². The molecule has 13 heteroatoms. The monoisotopic (exact) mass is 813 g/mol. The zero-order chi connectivity index (χ0) is 34.4. The molecule has 246 valence electrons. The third-order valence-corrected chi connectivity index (χ3v) is 9.89. The maximum absolute atomic E-state index is 7.25. The molecule has 0 spiro atoms. The predicted molar refractivity (Wildman–Crippen MR) is 205 cm³/mol. The van der Waals surface area contributed by atoms with Crippen molar-refractivity contribution in [3.8, 4) is 33.4 Å². The van der Waals surface area contributed by atoms with E-state index in [2.05, 4.69) is 0 Å². The molecule has 6 nitrogen and oxygen atoms in total. The van der Waals surface area contributed by atoms with Crippen LogP contribution in [0.1, 0.15) is 11.4 Å². The van der Waals surface area contributed by atoms with E-state index in [0.717, 1.165) is 0 Å². The maximum Gasteiger partial charge on any atom is 4.00 e. The molecule has 0 saturated carbocycles. The van der Waals surface area contributed by atoms with Gasteiger partial charge in [-0.2, -0.15) is 11.0 Å². The largest absolute Gasteiger partial charge is 4.00 e. The summed E-state index contributed by atoms with van der Waals surface area (Å²) in [7, 11) is 0. The van der Waals surface area contributed by atoms with Crippen molar-refractivity contribution in [1.82, 2.24) is 19.9 Å². The molecule has 0 unspecified atom stereocenters. The Morgan fingerprint density at radius 3 is 0.980 bits per heavy atom. The number of nitroso groups, excluding NO2 is 1. The Labute approximate surface area is 325 Å². The van der Waals surface area contributed by atoms with Crippen LogP contribution < -0.4 is 15.0 Å². The number of nitrogens with zero attached hydrogens (tertiary/aromatic N) is 5. The Balaban J connectivity index is 0.00000142. The Morgan fingerprint density at radius 2 is 0.640 bits per heavy atom. The van der Waals surface area contributed by atoms with Crippen molar-refractivity contribution >= 4 is 115 Å². The smallest absolute Gasteiger partial charge is 0.658 e. The van der Waals surface area contributed by atoms with Gasteiger partial charge in [0.25, 0.3) is 0 Å². The minimum atomic E-state index is 0. The molecular formula is C37H17Cl6FeN5O. The SMILES string of the molecule is Clc1cccc(Cl)c1-c1c2nc(c(-c3c(Cl)cccc3Cl)c3ccc([n-]3)c3ccc([n-]3)c(-c3c(Cl)cccc3Cl)c3ccc1[n-]3)C=C2.[Fe+4].[N-]=O. The minimum Gasteiger partial charge on any atom is -0.658 e. The molecule has 0 atom stereocenters. The second-order valence-electron chi connectivity index (χ2n) is 10.8. The molecule has 0 saturated heterocycles. The first-order valence-corrected chi connectivity index (χ1v) is 16.7. The van der Waals surface area contributed by atoms with Crippen molar-refractivity contribution in [2.75, 3.05) is 0 Å². The van der Waals surface area contributed by atoms with Gasteiger partial charge in [-0.15, -0.1) is 22.1 Å². The molecule has 0 fully saturated rings. The Bertz CT molecular complexity index is 2530. The van der Waals surface area contributed by atoms with Crippen molar-refractivity contribution in [2.24, 2.45) is 0 Å². The van der Waals surface area contributed by atoms with Crippen LogP contribution in [0.4, 0.5) is 0 Å². The number of benzene rings is 3. The van der Waals surface area contributed by atoms with E-state index in [1.54, 1.807) is 54.6 Å². The third kappa shape index (κ3) is 6.34. The summed E-state index contributed by atoms with van der Waals surface area (Å²) in [5, 5.41) is 2.74. The topological polar surface area (TPSA) is 94.6 Å². The number of rotatable bonds is 3. The van der Waals surface area contributed by atoms with E-state index in [1.165, 1.54) is 0 Å². The van der Waals surface area contributed by atoms with Gasteiger partial charge in [0.05, 0.1) is 11.4 Å². The molecule has 8 rings (SSSR count). The average molecular weight is 816 g/mol. The van der Waals surface area contributed by atoms with Crippen LogP contribution in [0.25, 0.3) is 84.2 Å². The fourth-order valence-corrected chi connectivity index (χ4v) is 7.70. The first-order chi connectivity index (χ1) is 23.8. The van der Waals surface area contributed by atoms with Crippen LogP contribution in [0, 0.1) is 4.91 Å². The number of halogens is 6. The molecule has 3 aromatic carbocycles. The van der Waals surface area contributed by atoms with Gasteiger partial charge in [-0.3, -0.25) is 0 Å². The van der Waals surface area contributed by atoms with E-state index in [0.29, 0.717) is 108 Å². The summed E-state index contributed by atoms with van der Waals surface area (Å²) in [6.45, 7) is 0. The molecule has 5 heterocycles. The summed E-state index contributed by atoms with van der Waals surface area (Å²) in [5.74, 6) is 0. The molecule has 50 heavy (non-hydrogen) atoms. The molecule has 0 radical (unpaired) electrons. The molecule has 7 aromatic rings. The molecule has 0 N–H and O–H groups in total. The van der Waals surface area contributed by atoms with Gasteiger partial charge < -0.3 is 25.5 Å². The van der Waals surface area contributed by atoms with E-state index in [4.69, 9.17) is 100 Å². The second-order valence-corrected chi connectivity index (χ2v) is 13.2. The van der Waals surface area contributed by atoms with Gasteiger partial charge in [-0.25, -0.2) is 4.98 Å². The van der Waals surface area contributed by atoms with E-state index >= 15 is 0 Å². The van der Waals surface area contributed by atoms with E-state index in [-0.39, 0.29) is 17.1 Å². The van der Waals surface area contributed by atoms with E-state index < -0.39 is 0 Å². The molecule has 0 amide bonds. The summed E-state index contributed by atoms with van der Waals surface area (Å²) in [6.07, 6.45) is 3.80. The minimum absolute atomic E-state index is 0. The van der Waals surface area contributed by atoms with Crippen LogP contribution in [0.5, 0.6) is 0 Å². The van der Waals surface area contributed by atoms with E-state index in [9.17, 15) is 0 Å². The molecule has 8 bridgehead atoms. The standard InChI is InChI=1S/C37H17Cl6N4.Fe.NO/c38-18-4-1-5-19(39)32(18)35-26-12-10-24(44-26)25-11-13-27(45-25)36(33-20(40)6-2-7-21(33)41)29-15-17-31(47-29)37(30-16-14-28(35)46-30)34-22(42)8-3-9-23(34)43;;1-2/h1-17H;;/q-3;+4;-1. The zero-order valence-corrected chi connectivity index (χ0v) is 30.7. The van der Waals surface area contributed by atoms with Crippen molar-refractivity contribution in [3.05, 3.63) is 143 Å².